The molecule has 0 saturated carbocycles. The van der Waals surface area contributed by atoms with Crippen LogP contribution in [0.1, 0.15) is 31.2 Å². The average Bonchev–Trinajstić information content (AvgIpc) is 3.38. The summed E-state index contributed by atoms with van der Waals surface area (Å²) in [4.78, 5) is 29.4. The molecular formula is C31H35N4O7PS. The Morgan fingerprint density at radius 2 is 1.84 bits per heavy atom. The van der Waals surface area contributed by atoms with Crippen LogP contribution in [0.2, 0.25) is 0 Å². The highest BCUT2D eigenvalue weighted by Gasteiger charge is 2.40. The third-order valence-electron chi connectivity index (χ3n) is 7.16. The third kappa shape index (κ3) is 7.88. The molecule has 5 rings (SSSR count). The Labute approximate surface area is 259 Å². The van der Waals surface area contributed by atoms with Gasteiger partial charge in [-0.25, -0.2) is 9.36 Å². The maximum atomic E-state index is 14.4. The number of rotatable bonds is 12. The van der Waals surface area contributed by atoms with Crippen LogP contribution < -0.4 is 21.0 Å². The normalized spacial score (nSPS) is 20.3. The summed E-state index contributed by atoms with van der Waals surface area (Å²) in [6.45, 7) is 3.44. The summed E-state index contributed by atoms with van der Waals surface area (Å²) in [6, 6.07) is 22.6. The van der Waals surface area contributed by atoms with E-state index >= 15 is 0 Å². The molecule has 44 heavy (non-hydrogen) atoms. The van der Waals surface area contributed by atoms with Gasteiger partial charge in [0.05, 0.1) is 23.3 Å². The average molecular weight is 639 g/mol. The summed E-state index contributed by atoms with van der Waals surface area (Å²) in [6.07, 6.45) is 0.899. The molecule has 3 aromatic carbocycles. The highest BCUT2D eigenvalue weighted by molar-refractivity contribution is 8.00. The summed E-state index contributed by atoms with van der Waals surface area (Å²) in [5, 5.41) is 14.5. The molecule has 2 unspecified atom stereocenters. The Morgan fingerprint density at radius 1 is 1.11 bits per heavy atom. The number of nitrogen functional groups attached to an aromatic ring is 1. The number of nitrogens with zero attached hydrogens (tertiary/aromatic N) is 2. The summed E-state index contributed by atoms with van der Waals surface area (Å²) in [5.41, 5.74) is 5.90. The van der Waals surface area contributed by atoms with Gasteiger partial charge in [0, 0.05) is 12.6 Å². The fourth-order valence-corrected chi connectivity index (χ4v) is 7.98. The molecule has 1 aliphatic heterocycles. The molecule has 232 valence electrons. The van der Waals surface area contributed by atoms with Gasteiger partial charge in [-0.05, 0) is 40.5 Å². The molecule has 4 N–H and O–H groups in total. The highest BCUT2D eigenvalue weighted by atomic mass is 32.2. The van der Waals surface area contributed by atoms with Crippen molar-refractivity contribution in [3.05, 3.63) is 101 Å². The quantitative estimate of drug-likeness (QED) is 0.143. The standard InChI is InChI=1S/C31H35N4O7PS/c1-20(2)29(30(37)40-18-21-8-4-3-5-9-21)34-43(39,42-24-13-12-22-10-6-7-11-23(22)16-24)41-19-26-25(36)17-28(44-26)35-15-14-27(32)33-31(35)38/h3-16,20,25-26,28-29,36H,17-19H2,1-2H3,(H,34,39)(H2,32,33,38)/t25?,26-,28-,29+,43?/m1/s1. The van der Waals surface area contributed by atoms with Gasteiger partial charge in [0.25, 0.3) is 0 Å². The zero-order valence-electron chi connectivity index (χ0n) is 24.3. The lowest BCUT2D eigenvalue weighted by molar-refractivity contribution is -0.148. The van der Waals surface area contributed by atoms with Gasteiger partial charge >= 0.3 is 19.4 Å². The van der Waals surface area contributed by atoms with Gasteiger partial charge in [-0.15, -0.1) is 11.8 Å². The van der Waals surface area contributed by atoms with Crippen molar-refractivity contribution in [1.82, 2.24) is 14.6 Å². The van der Waals surface area contributed by atoms with E-state index < -0.39 is 42.2 Å². The third-order valence-corrected chi connectivity index (χ3v) is 10.2. The molecule has 1 fully saturated rings. The number of aliphatic hydroxyl groups excluding tert-OH is 1. The number of hydrogen-bond donors (Lipinski definition) is 3. The number of hydrogen-bond acceptors (Lipinski definition) is 10. The molecule has 4 aromatic rings. The Hall–Kier alpha value is -3.67. The van der Waals surface area contributed by atoms with Crippen LogP contribution in [0.4, 0.5) is 5.82 Å². The first-order chi connectivity index (χ1) is 21.1. The van der Waals surface area contributed by atoms with Crippen LogP contribution >= 0.6 is 19.5 Å². The Bertz CT molecular complexity index is 1700. The first-order valence-corrected chi connectivity index (χ1v) is 16.7. The van der Waals surface area contributed by atoms with Crippen LogP contribution in [0.25, 0.3) is 10.8 Å². The van der Waals surface area contributed by atoms with E-state index in [-0.39, 0.29) is 37.1 Å². The second-order valence-electron chi connectivity index (χ2n) is 10.8. The molecule has 2 heterocycles. The Balaban J connectivity index is 1.35. The molecule has 0 bridgehead atoms. The van der Waals surface area contributed by atoms with Crippen molar-refractivity contribution in [2.24, 2.45) is 5.92 Å². The zero-order chi connectivity index (χ0) is 31.3. The summed E-state index contributed by atoms with van der Waals surface area (Å²) in [5.74, 6) is -0.567. The number of benzene rings is 3. The van der Waals surface area contributed by atoms with Gasteiger partial charge in [0.2, 0.25) is 0 Å². The number of anilines is 1. The maximum absolute atomic E-state index is 14.4. The predicted octanol–water partition coefficient (Wildman–Crippen LogP) is 4.91. The molecule has 0 amide bonds. The van der Waals surface area contributed by atoms with Crippen molar-refractivity contribution < 1.29 is 28.3 Å². The Kier molecular flexibility index (Phi) is 10.1. The molecule has 13 heteroatoms. The molecule has 0 radical (unpaired) electrons. The van der Waals surface area contributed by atoms with E-state index in [0.29, 0.717) is 0 Å². The first-order valence-electron chi connectivity index (χ1n) is 14.2. The first kappa shape index (κ1) is 31.7. The number of aliphatic hydroxyl groups is 1. The van der Waals surface area contributed by atoms with Crippen LogP contribution in [0.15, 0.2) is 89.9 Å². The predicted molar refractivity (Wildman–Crippen MR) is 170 cm³/mol. The van der Waals surface area contributed by atoms with Gasteiger partial charge in [-0.2, -0.15) is 10.1 Å². The topological polar surface area (TPSA) is 155 Å². The highest BCUT2D eigenvalue weighted by Crippen LogP contribution is 2.49. The monoisotopic (exact) mass is 638 g/mol. The second-order valence-corrected chi connectivity index (χ2v) is 13.9. The molecule has 0 spiro atoms. The number of carbonyl (C=O) groups excluding carboxylic acids is 1. The largest absolute Gasteiger partial charge is 0.460 e. The van der Waals surface area contributed by atoms with Crippen molar-refractivity contribution in [2.75, 3.05) is 12.3 Å². The van der Waals surface area contributed by atoms with E-state index in [0.717, 1.165) is 16.3 Å². The summed E-state index contributed by atoms with van der Waals surface area (Å²) >= 11 is 1.29. The second kappa shape index (κ2) is 14.0. The number of fused-ring (bicyclic) bond motifs is 1. The maximum Gasteiger partial charge on any atom is 0.459 e. The summed E-state index contributed by atoms with van der Waals surface area (Å²) in [7, 11) is -4.24. The van der Waals surface area contributed by atoms with Gasteiger partial charge in [-0.3, -0.25) is 13.9 Å². The number of ether oxygens (including phenoxy) is 1. The van der Waals surface area contributed by atoms with Crippen LogP contribution in [0, 0.1) is 5.92 Å². The number of esters is 1. The zero-order valence-corrected chi connectivity index (χ0v) is 26.0. The number of thioether (sulfide) groups is 1. The minimum Gasteiger partial charge on any atom is -0.460 e. The minimum absolute atomic E-state index is 0.0485. The molecule has 1 aromatic heterocycles. The SMILES string of the molecule is CC(C)[C@H](NP(=O)(OC[C@H]1S[C@@H](n2ccc(N)nc2=O)CC1O)Oc1ccc2ccccc2c1)C(=O)OCc1ccccc1. The van der Waals surface area contributed by atoms with Crippen molar-refractivity contribution in [1.29, 1.82) is 0 Å². The number of nitrogens with two attached hydrogens (primary N) is 1. The number of nitrogens with one attached hydrogen (secondary N) is 1. The fraction of sp³-hybridized carbons (Fsp3) is 0.323. The van der Waals surface area contributed by atoms with Crippen molar-refractivity contribution in [3.8, 4) is 5.75 Å². The van der Waals surface area contributed by atoms with Gasteiger partial charge in [-0.1, -0.05) is 74.5 Å². The van der Waals surface area contributed by atoms with Crippen LogP contribution in [-0.4, -0.2) is 44.6 Å². The summed E-state index contributed by atoms with van der Waals surface area (Å²) < 4.78 is 33.3. The van der Waals surface area contributed by atoms with E-state index in [9.17, 15) is 19.3 Å². The van der Waals surface area contributed by atoms with E-state index in [1.165, 1.54) is 28.6 Å². The van der Waals surface area contributed by atoms with Crippen molar-refractivity contribution >= 4 is 42.1 Å². The molecular weight excluding hydrogens is 603 g/mol. The van der Waals surface area contributed by atoms with Gasteiger partial charge < -0.3 is 20.1 Å². The lowest BCUT2D eigenvalue weighted by Gasteiger charge is -2.27. The van der Waals surface area contributed by atoms with Gasteiger partial charge in [0.1, 0.15) is 24.2 Å². The van der Waals surface area contributed by atoms with E-state index in [4.69, 9.17) is 19.5 Å². The lowest BCUT2D eigenvalue weighted by atomic mass is 10.1. The molecule has 0 aliphatic carbocycles. The van der Waals surface area contributed by atoms with E-state index in [1.54, 1.807) is 26.0 Å². The Morgan fingerprint density at radius 3 is 2.57 bits per heavy atom. The van der Waals surface area contributed by atoms with E-state index in [2.05, 4.69) is 10.1 Å². The smallest absolute Gasteiger partial charge is 0.459 e. The van der Waals surface area contributed by atoms with Crippen LogP contribution in [0.5, 0.6) is 5.75 Å². The van der Waals surface area contributed by atoms with Crippen molar-refractivity contribution in [3.63, 3.8) is 0 Å². The minimum atomic E-state index is -4.24. The van der Waals surface area contributed by atoms with E-state index in [1.807, 2.05) is 60.7 Å². The molecule has 1 saturated heterocycles. The number of carbonyl (C=O) groups is 1. The van der Waals surface area contributed by atoms with Crippen molar-refractivity contribution in [2.45, 2.75) is 49.6 Å². The molecule has 1 aliphatic rings. The van der Waals surface area contributed by atoms with Crippen LogP contribution in [0.3, 0.4) is 0 Å². The lowest BCUT2D eigenvalue weighted by Crippen LogP contribution is -2.42. The molecule has 11 nitrogen and oxygen atoms in total. The fourth-order valence-electron chi connectivity index (χ4n) is 4.77. The van der Waals surface area contributed by atoms with Gasteiger partial charge in [0.15, 0.2) is 0 Å². The molecule has 5 atom stereocenters. The number of aromatic nitrogens is 2. The van der Waals surface area contributed by atoms with Crippen LogP contribution in [-0.2, 0) is 25.2 Å².